The summed E-state index contributed by atoms with van der Waals surface area (Å²) in [4.78, 5) is 24.7. The zero-order chi connectivity index (χ0) is 21.0. The third-order valence-electron chi connectivity index (χ3n) is 4.20. The Morgan fingerprint density at radius 2 is 1.66 bits per heavy atom. The Morgan fingerprint density at radius 3 is 2.28 bits per heavy atom. The predicted molar refractivity (Wildman–Crippen MR) is 111 cm³/mol. The molecule has 1 aromatic heterocycles. The molecule has 1 heterocycles. The number of hydrogen-bond donors (Lipinski definition) is 1. The highest BCUT2D eigenvalue weighted by molar-refractivity contribution is 7.12. The van der Waals surface area contributed by atoms with Crippen molar-refractivity contribution in [3.63, 3.8) is 0 Å². The molecule has 0 bridgehead atoms. The average molecular weight is 413 g/mol. The van der Waals surface area contributed by atoms with Crippen molar-refractivity contribution in [1.29, 1.82) is 0 Å². The first-order valence-corrected chi connectivity index (χ1v) is 9.70. The van der Waals surface area contributed by atoms with Crippen LogP contribution in [-0.4, -0.2) is 24.6 Å². The Kier molecular flexibility index (Phi) is 5.98. The summed E-state index contributed by atoms with van der Waals surface area (Å²) >= 11 is 1.31. The fraction of sp³-hybridized carbons (Fsp3) is 0.182. The van der Waals surface area contributed by atoms with Gasteiger partial charge in [-0.15, -0.1) is 11.3 Å². The third kappa shape index (κ3) is 5.00. The molecule has 0 aliphatic rings. The number of hydrogen-bond acceptors (Lipinski definition) is 5. The Bertz CT molecular complexity index is 1010. The Morgan fingerprint density at radius 1 is 1.00 bits per heavy atom. The molecular formula is C22H20FNO4S. The van der Waals surface area contributed by atoms with E-state index in [1.54, 1.807) is 32.0 Å². The summed E-state index contributed by atoms with van der Waals surface area (Å²) in [6.07, 6.45) is 0. The van der Waals surface area contributed by atoms with E-state index in [4.69, 9.17) is 9.47 Å². The van der Waals surface area contributed by atoms with E-state index in [1.165, 1.54) is 42.7 Å². The molecular weight excluding hydrogens is 393 g/mol. The minimum Gasteiger partial charge on any atom is -0.478 e. The number of anilines is 1. The minimum absolute atomic E-state index is 0.335. The molecule has 0 radical (unpaired) electrons. The summed E-state index contributed by atoms with van der Waals surface area (Å²) in [6, 6.07) is 14.5. The molecule has 0 saturated carbocycles. The van der Waals surface area contributed by atoms with Gasteiger partial charge in [0.25, 0.3) is 5.91 Å². The largest absolute Gasteiger partial charge is 0.478 e. The lowest BCUT2D eigenvalue weighted by Crippen LogP contribution is -2.42. The lowest BCUT2D eigenvalue weighted by Gasteiger charge is -2.25. The molecule has 0 aliphatic carbocycles. The summed E-state index contributed by atoms with van der Waals surface area (Å²) < 4.78 is 23.4. The standard InChI is InChI=1S/C22H20FNO4S/c1-22(2,28-18-10-6-16(23)7-11-18)21(26)24-17-8-4-14(5-9-17)15-12-19(29-13-15)20(25)27-3/h4-13H,1-3H3,(H,24,26). The smallest absolute Gasteiger partial charge is 0.348 e. The number of benzene rings is 2. The molecule has 29 heavy (non-hydrogen) atoms. The molecule has 5 nitrogen and oxygen atoms in total. The van der Waals surface area contributed by atoms with Crippen LogP contribution in [0.5, 0.6) is 5.75 Å². The molecule has 150 valence electrons. The molecule has 3 rings (SSSR count). The number of esters is 1. The summed E-state index contributed by atoms with van der Waals surface area (Å²) in [5, 5.41) is 4.69. The number of carbonyl (C=O) groups excluding carboxylic acids is 2. The number of nitrogens with one attached hydrogen (secondary N) is 1. The highest BCUT2D eigenvalue weighted by Crippen LogP contribution is 2.28. The second kappa shape index (κ2) is 8.45. The first-order chi connectivity index (χ1) is 13.8. The fourth-order valence-corrected chi connectivity index (χ4v) is 3.40. The van der Waals surface area contributed by atoms with Crippen molar-refractivity contribution < 1.29 is 23.5 Å². The Labute approximate surface area is 172 Å². The molecule has 0 saturated heterocycles. The third-order valence-corrected chi connectivity index (χ3v) is 5.11. The van der Waals surface area contributed by atoms with Gasteiger partial charge in [0.2, 0.25) is 0 Å². The summed E-state index contributed by atoms with van der Waals surface area (Å²) in [5.41, 5.74) is 1.27. The number of carbonyl (C=O) groups is 2. The average Bonchev–Trinajstić information content (AvgIpc) is 3.20. The molecule has 2 aromatic carbocycles. The van der Waals surface area contributed by atoms with Gasteiger partial charge in [-0.1, -0.05) is 12.1 Å². The molecule has 1 amide bonds. The van der Waals surface area contributed by atoms with Crippen molar-refractivity contribution in [2.24, 2.45) is 0 Å². The first-order valence-electron chi connectivity index (χ1n) is 8.82. The maximum atomic E-state index is 13.0. The van der Waals surface area contributed by atoms with Crippen LogP contribution in [0.4, 0.5) is 10.1 Å². The van der Waals surface area contributed by atoms with Crippen LogP contribution in [-0.2, 0) is 9.53 Å². The maximum Gasteiger partial charge on any atom is 0.348 e. The van der Waals surface area contributed by atoms with E-state index in [0.717, 1.165) is 11.1 Å². The monoisotopic (exact) mass is 413 g/mol. The predicted octanol–water partition coefficient (Wildman–Crippen LogP) is 5.14. The number of ether oxygens (including phenoxy) is 2. The van der Waals surface area contributed by atoms with Gasteiger partial charge in [-0.2, -0.15) is 0 Å². The van der Waals surface area contributed by atoms with Gasteiger partial charge in [-0.3, -0.25) is 4.79 Å². The number of thiophene rings is 1. The Hall–Kier alpha value is -3.19. The Balaban J connectivity index is 1.66. The van der Waals surface area contributed by atoms with Gasteiger partial charge in [-0.25, -0.2) is 9.18 Å². The first kappa shape index (κ1) is 20.5. The minimum atomic E-state index is -1.15. The van der Waals surface area contributed by atoms with Gasteiger partial charge in [0.15, 0.2) is 5.60 Å². The maximum absolute atomic E-state index is 13.0. The highest BCUT2D eigenvalue weighted by Gasteiger charge is 2.30. The lowest BCUT2D eigenvalue weighted by molar-refractivity contribution is -0.128. The molecule has 0 aliphatic heterocycles. The van der Waals surface area contributed by atoms with Gasteiger partial charge in [-0.05, 0) is 72.8 Å². The van der Waals surface area contributed by atoms with Gasteiger partial charge in [0.05, 0.1) is 7.11 Å². The van der Waals surface area contributed by atoms with E-state index in [1.807, 2.05) is 17.5 Å². The molecule has 1 N–H and O–H groups in total. The second-order valence-electron chi connectivity index (χ2n) is 6.79. The topological polar surface area (TPSA) is 64.6 Å². The normalized spacial score (nSPS) is 11.0. The highest BCUT2D eigenvalue weighted by atomic mass is 32.1. The number of amides is 1. The fourth-order valence-electron chi connectivity index (χ4n) is 2.57. The van der Waals surface area contributed by atoms with E-state index in [-0.39, 0.29) is 17.7 Å². The van der Waals surface area contributed by atoms with Gasteiger partial charge in [0.1, 0.15) is 16.4 Å². The van der Waals surface area contributed by atoms with Gasteiger partial charge < -0.3 is 14.8 Å². The van der Waals surface area contributed by atoms with Gasteiger partial charge in [0, 0.05) is 5.69 Å². The molecule has 0 unspecified atom stereocenters. The zero-order valence-electron chi connectivity index (χ0n) is 16.2. The van der Waals surface area contributed by atoms with Crippen molar-refractivity contribution >= 4 is 28.9 Å². The van der Waals surface area contributed by atoms with E-state index in [0.29, 0.717) is 16.3 Å². The van der Waals surface area contributed by atoms with E-state index in [9.17, 15) is 14.0 Å². The molecule has 3 aromatic rings. The van der Waals surface area contributed by atoms with Gasteiger partial charge >= 0.3 is 5.97 Å². The van der Waals surface area contributed by atoms with Crippen LogP contribution < -0.4 is 10.1 Å². The number of halogens is 1. The molecule has 0 atom stereocenters. The molecule has 7 heteroatoms. The van der Waals surface area contributed by atoms with Crippen molar-refractivity contribution in [3.8, 4) is 16.9 Å². The summed E-state index contributed by atoms with van der Waals surface area (Å²) in [6.45, 7) is 3.28. The van der Waals surface area contributed by atoms with Crippen LogP contribution in [0.25, 0.3) is 11.1 Å². The summed E-state index contributed by atoms with van der Waals surface area (Å²) in [5.74, 6) is -0.670. The van der Waals surface area contributed by atoms with E-state index in [2.05, 4.69) is 5.32 Å². The lowest BCUT2D eigenvalue weighted by atomic mass is 10.1. The molecule has 0 fully saturated rings. The van der Waals surface area contributed by atoms with Crippen LogP contribution in [0.2, 0.25) is 0 Å². The number of methoxy groups -OCH3 is 1. The number of rotatable bonds is 6. The van der Waals surface area contributed by atoms with Crippen LogP contribution in [0.1, 0.15) is 23.5 Å². The van der Waals surface area contributed by atoms with Crippen molar-refractivity contribution in [2.75, 3.05) is 12.4 Å². The second-order valence-corrected chi connectivity index (χ2v) is 7.70. The van der Waals surface area contributed by atoms with E-state index < -0.39 is 5.60 Å². The van der Waals surface area contributed by atoms with Crippen molar-refractivity contribution in [3.05, 3.63) is 70.7 Å². The molecule has 0 spiro atoms. The van der Waals surface area contributed by atoms with Crippen molar-refractivity contribution in [2.45, 2.75) is 19.4 Å². The van der Waals surface area contributed by atoms with Crippen LogP contribution >= 0.6 is 11.3 Å². The quantitative estimate of drug-likeness (QED) is 0.569. The van der Waals surface area contributed by atoms with Crippen LogP contribution in [0.3, 0.4) is 0 Å². The van der Waals surface area contributed by atoms with Crippen LogP contribution in [0.15, 0.2) is 60.0 Å². The van der Waals surface area contributed by atoms with E-state index >= 15 is 0 Å². The summed E-state index contributed by atoms with van der Waals surface area (Å²) in [7, 11) is 1.35. The SMILES string of the molecule is COC(=O)c1cc(-c2ccc(NC(=O)C(C)(C)Oc3ccc(F)cc3)cc2)cs1. The van der Waals surface area contributed by atoms with Crippen LogP contribution in [0, 0.1) is 5.82 Å². The van der Waals surface area contributed by atoms with Crippen molar-refractivity contribution in [1.82, 2.24) is 0 Å². The zero-order valence-corrected chi connectivity index (χ0v) is 17.0.